The molecule has 0 unspecified atom stereocenters. The highest BCUT2D eigenvalue weighted by molar-refractivity contribution is 9.10. The maximum absolute atomic E-state index is 4.10. The van der Waals surface area contributed by atoms with Crippen molar-refractivity contribution < 1.29 is 0 Å². The van der Waals surface area contributed by atoms with Crippen LogP contribution in [0, 0.1) is 0 Å². The Morgan fingerprint density at radius 1 is 0.203 bits per heavy atom. The van der Waals surface area contributed by atoms with E-state index in [0.29, 0.717) is 0 Å². The zero-order chi connectivity index (χ0) is 40.8. The fraction of sp³-hybridized carbons (Fsp3) is 0.0588. The van der Waals surface area contributed by atoms with Gasteiger partial charge in [-0.3, -0.25) is 0 Å². The van der Waals surface area contributed by atoms with Crippen LogP contribution in [-0.4, -0.2) is 0 Å². The van der Waals surface area contributed by atoms with Crippen LogP contribution in [-0.2, 0) is 23.7 Å². The predicted octanol–water partition coefficient (Wildman–Crippen LogP) is 18.9. The summed E-state index contributed by atoms with van der Waals surface area (Å²) in [5.41, 5.74) is 9.97. The van der Waals surface area contributed by atoms with Gasteiger partial charge in [0.1, 0.15) is 0 Å². The lowest BCUT2D eigenvalue weighted by molar-refractivity contribution is 0.297. The van der Waals surface area contributed by atoms with Crippen molar-refractivity contribution in [1.29, 1.82) is 0 Å². The van der Waals surface area contributed by atoms with E-state index in [0.717, 1.165) is 12.8 Å². The molecule has 0 saturated carbocycles. The lowest BCUT2D eigenvalue weighted by Gasteiger charge is -2.57. The molecule has 0 amide bonds. The Labute approximate surface area is 384 Å². The maximum Gasteiger partial charge on any atom is 0.0409 e. The molecule has 2 spiro atoms. The largest absolute Gasteiger partial charge is 0.0576 e. The van der Waals surface area contributed by atoms with Gasteiger partial charge in [-0.2, -0.15) is 0 Å². The summed E-state index contributed by atoms with van der Waals surface area (Å²) in [5, 5.41) is 90.9. The molecule has 0 aromatic heterocycles. The molecule has 69 heavy (non-hydrogen) atoms. The second-order valence-corrected chi connectivity index (χ2v) is 26.7. The third kappa shape index (κ3) is 1.35. The Kier molecular flexibility index (Phi) is 2.11. The van der Waals surface area contributed by atoms with Gasteiger partial charge < -0.3 is 0 Å². The van der Waals surface area contributed by atoms with Gasteiger partial charge in [-0.1, -0.05) is 22.0 Å². The Morgan fingerprint density at radius 2 is 0.362 bits per heavy atom. The molecule has 0 radical (unpaired) electrons. The van der Waals surface area contributed by atoms with Crippen LogP contribution in [0.1, 0.15) is 33.4 Å². The lowest BCUT2D eigenvalue weighted by Crippen LogP contribution is -2.56. The minimum absolute atomic E-state index is 0.195. The molecule has 29 aromatic carbocycles. The molecular weight excluding hydrogens is 897 g/mol. The van der Waals surface area contributed by atoms with Gasteiger partial charge in [-0.05, 0) is 349 Å². The number of benzene rings is 19. The van der Waals surface area contributed by atoms with Crippen LogP contribution < -0.4 is 0 Å². The van der Waals surface area contributed by atoms with Crippen LogP contribution in [0.15, 0.2) is 22.7 Å². The normalized spacial score (nSPS) is 22.6. The van der Waals surface area contributed by atoms with Crippen LogP contribution in [0.25, 0.3) is 291 Å². The molecule has 29 aromatic rings. The van der Waals surface area contributed by atoms with E-state index in [2.05, 4.69) is 34.1 Å². The second-order valence-electron chi connectivity index (χ2n) is 25.8. The first-order chi connectivity index (χ1) is 34.3. The van der Waals surface area contributed by atoms with Crippen LogP contribution in [0.4, 0.5) is 0 Å². The van der Waals surface area contributed by atoms with Crippen molar-refractivity contribution in [3.63, 3.8) is 0 Å². The number of hydrogen-bond acceptors (Lipinski definition) is 0. The van der Waals surface area contributed by atoms with Crippen molar-refractivity contribution in [3.05, 3.63) is 56.1 Å². The molecule has 5 aliphatic rings. The minimum atomic E-state index is -0.202. The topological polar surface area (TPSA) is 0 Å². The first-order valence-electron chi connectivity index (χ1n) is 25.8. The number of rotatable bonds is 0. The molecule has 0 aliphatic heterocycles. The second kappa shape index (κ2) is 5.70. The third-order valence-electron chi connectivity index (χ3n) is 25.8. The van der Waals surface area contributed by atoms with E-state index < -0.39 is 0 Å². The molecule has 0 saturated heterocycles. The Morgan fingerprint density at radius 3 is 0.551 bits per heavy atom. The van der Waals surface area contributed by atoms with Gasteiger partial charge in [0, 0.05) is 15.3 Å². The highest BCUT2D eigenvalue weighted by Gasteiger charge is 2.70. The van der Waals surface area contributed by atoms with Crippen LogP contribution in [0.5, 0.6) is 0 Å². The summed E-state index contributed by atoms with van der Waals surface area (Å²) in [6.07, 6.45) is 2.17. The molecule has 286 valence electrons. The van der Waals surface area contributed by atoms with Gasteiger partial charge in [0.25, 0.3) is 0 Å². The molecular formula is C68H7Br. The van der Waals surface area contributed by atoms with Crippen molar-refractivity contribution in [3.8, 4) is 0 Å². The van der Waals surface area contributed by atoms with Crippen molar-refractivity contribution in [2.24, 2.45) is 0 Å². The van der Waals surface area contributed by atoms with E-state index in [-0.39, 0.29) is 10.8 Å². The lowest BCUT2D eigenvalue weighted by atomic mass is 9.43. The Hall–Kier alpha value is -7.84. The zero-order valence-electron chi connectivity index (χ0n) is 35.0. The van der Waals surface area contributed by atoms with E-state index in [1.807, 2.05) is 0 Å². The first kappa shape index (κ1) is 25.5. The van der Waals surface area contributed by atoms with E-state index >= 15 is 0 Å². The predicted molar refractivity (Wildman–Crippen MR) is 295 cm³/mol. The van der Waals surface area contributed by atoms with Gasteiger partial charge in [0.05, 0.1) is 0 Å². The Bertz CT molecular complexity index is 7200. The summed E-state index contributed by atoms with van der Waals surface area (Å²) in [7, 11) is 0. The quantitative estimate of drug-likeness (QED) is 0.133. The van der Waals surface area contributed by atoms with Crippen LogP contribution in [0.3, 0.4) is 0 Å². The molecule has 0 fully saturated rings. The average Bonchev–Trinajstić information content (AvgIpc) is 4.22. The fourth-order valence-corrected chi connectivity index (χ4v) is 26.1. The molecule has 0 atom stereocenters. The summed E-state index contributed by atoms with van der Waals surface area (Å²) >= 11 is 4.10. The monoisotopic (exact) mass is 902 g/mol. The fourth-order valence-electron chi connectivity index (χ4n) is 25.7. The molecule has 0 bridgehead atoms. The summed E-state index contributed by atoms with van der Waals surface area (Å²) < 4.78 is 1.24. The van der Waals surface area contributed by atoms with Crippen molar-refractivity contribution in [1.82, 2.24) is 0 Å². The third-order valence-corrected chi connectivity index (χ3v) is 26.3. The minimum Gasteiger partial charge on any atom is -0.0576 e. The standard InChI is InChI=1S/C68H7Br/c69-8-2-1-6-4-67-63-55-47-37-27-19-11-9-10-13-17-15(11)23-31-25(17)35-29-21(13)22-14(10)18-16-12(9)20(19)28-34-24(16)32-26(18)36-30(22)40-39(29)49-43(35)53-45(31)51(41(47)33(23)27)59(63)61(53)65-57(49)58-50(40)44(36)54-46(32)52-42(34)48(38(28)37)56(55)64(67)60(52)62(54)66(58)68(65,67)5-7(6)3-8/h1-3H,4-5H2. The highest BCUT2D eigenvalue weighted by Crippen LogP contribution is 2.85. The van der Waals surface area contributed by atoms with Gasteiger partial charge in [-0.25, -0.2) is 0 Å². The number of hydrogen-bond donors (Lipinski definition) is 0. The molecule has 34 rings (SSSR count). The van der Waals surface area contributed by atoms with Crippen LogP contribution in [0.2, 0.25) is 0 Å². The summed E-state index contributed by atoms with van der Waals surface area (Å²) in [6, 6.07) is 7.54. The maximum atomic E-state index is 4.10. The molecule has 0 N–H and O–H groups in total. The SMILES string of the molecule is Brc1ccc2c(c1)CC13c4c5c6c7c8c9c(c%10c%11c1c1c4c4c%12c5c5c6c6c8c8c%13c9c9c%10c%10c%11c%11c1c1c4c4c%12c%12c5c5c6c8c6c8c%13c9c9c%10c%10c%11c1c1c4c4c%12c5c6c5c8c9c%10c1c45)C73C2. The first-order valence-corrected chi connectivity index (χ1v) is 26.6. The van der Waals surface area contributed by atoms with E-state index in [1.54, 1.807) is 324 Å². The number of fused-ring (bicyclic) bond motifs is 1. The van der Waals surface area contributed by atoms with Crippen molar-refractivity contribution in [2.45, 2.75) is 23.7 Å². The molecule has 0 nitrogen and oxygen atoms in total. The smallest absolute Gasteiger partial charge is 0.0409 e. The van der Waals surface area contributed by atoms with Gasteiger partial charge in [-0.15, -0.1) is 0 Å². The van der Waals surface area contributed by atoms with Gasteiger partial charge in [0.2, 0.25) is 0 Å². The molecule has 0 heterocycles. The van der Waals surface area contributed by atoms with E-state index in [1.165, 1.54) is 4.47 Å². The summed E-state index contributed by atoms with van der Waals surface area (Å²) in [4.78, 5) is 0. The van der Waals surface area contributed by atoms with E-state index in [9.17, 15) is 0 Å². The zero-order valence-corrected chi connectivity index (χ0v) is 36.6. The molecule has 1 heteroatoms. The Balaban J connectivity index is 1.20. The van der Waals surface area contributed by atoms with E-state index in [4.69, 9.17) is 0 Å². The summed E-state index contributed by atoms with van der Waals surface area (Å²) in [5.74, 6) is 0. The van der Waals surface area contributed by atoms with Crippen molar-refractivity contribution in [2.75, 3.05) is 0 Å². The van der Waals surface area contributed by atoms with Gasteiger partial charge in [0.15, 0.2) is 0 Å². The van der Waals surface area contributed by atoms with Crippen LogP contribution >= 0.6 is 15.9 Å². The average molecular weight is 904 g/mol. The van der Waals surface area contributed by atoms with Crippen molar-refractivity contribution >= 4 is 307 Å². The summed E-state index contributed by atoms with van der Waals surface area (Å²) in [6.45, 7) is 0. The van der Waals surface area contributed by atoms with Gasteiger partial charge >= 0.3 is 0 Å². The number of halogens is 1. The molecule has 5 aliphatic carbocycles. The highest BCUT2D eigenvalue weighted by atomic mass is 79.9.